The first-order valence-electron chi connectivity index (χ1n) is 5.99. The van der Waals surface area contributed by atoms with Crippen LogP contribution in [0.5, 0.6) is 11.6 Å². The second-order valence-corrected chi connectivity index (χ2v) is 3.83. The van der Waals surface area contributed by atoms with Crippen LogP contribution >= 0.6 is 0 Å². The summed E-state index contributed by atoms with van der Waals surface area (Å²) < 4.78 is 10.8. The number of aromatic nitrogens is 2. The second kappa shape index (κ2) is 7.12. The summed E-state index contributed by atoms with van der Waals surface area (Å²) in [4.78, 5) is 8.14. The topological polar surface area (TPSA) is 64.5 Å². The molecule has 102 valence electrons. The molecule has 1 N–H and O–H groups in total. The molecule has 0 unspecified atom stereocenters. The van der Waals surface area contributed by atoms with Gasteiger partial charge in [-0.05, 0) is 18.2 Å². The first kappa shape index (κ1) is 13.8. The van der Waals surface area contributed by atoms with E-state index in [0.29, 0.717) is 23.8 Å². The normalized spacial score (nSPS) is 9.50. The van der Waals surface area contributed by atoms with Crippen LogP contribution in [0.25, 0.3) is 0 Å². The fourth-order valence-electron chi connectivity index (χ4n) is 1.59. The first-order chi connectivity index (χ1) is 9.83. The molecule has 0 fully saturated rings. The Bertz CT molecular complexity index is 632. The Labute approximate surface area is 117 Å². The third-order valence-electron chi connectivity index (χ3n) is 2.46. The maximum Gasteiger partial charge on any atom is 0.219 e. The Morgan fingerprint density at radius 3 is 3.05 bits per heavy atom. The summed E-state index contributed by atoms with van der Waals surface area (Å²) in [5, 5.41) is 8.66. The first-order valence-corrected chi connectivity index (χ1v) is 5.99. The minimum Gasteiger partial charge on any atom is -0.487 e. The van der Waals surface area contributed by atoms with Crippen molar-refractivity contribution < 1.29 is 14.6 Å². The van der Waals surface area contributed by atoms with Crippen LogP contribution in [0, 0.1) is 11.8 Å². The average molecular weight is 270 g/mol. The van der Waals surface area contributed by atoms with Gasteiger partial charge in [-0.3, -0.25) is 4.98 Å². The molecule has 0 bridgehead atoms. The summed E-state index contributed by atoms with van der Waals surface area (Å²) in [6, 6.07) is 5.47. The third kappa shape index (κ3) is 3.70. The van der Waals surface area contributed by atoms with Crippen molar-refractivity contribution in [1.82, 2.24) is 9.97 Å². The number of hydrogen-bond acceptors (Lipinski definition) is 5. The zero-order valence-corrected chi connectivity index (χ0v) is 11.0. The molecule has 0 aliphatic heterocycles. The van der Waals surface area contributed by atoms with Crippen LogP contribution in [0.3, 0.4) is 0 Å². The summed E-state index contributed by atoms with van der Waals surface area (Å²) in [5.74, 6) is 6.48. The highest BCUT2D eigenvalue weighted by molar-refractivity contribution is 5.37. The number of hydrogen-bond donors (Lipinski definition) is 1. The van der Waals surface area contributed by atoms with Crippen molar-refractivity contribution in [2.24, 2.45) is 0 Å². The average Bonchev–Trinajstić information content (AvgIpc) is 2.51. The number of aliphatic hydroxyl groups excluding tert-OH is 1. The monoisotopic (exact) mass is 270 g/mol. The minimum absolute atomic E-state index is 0.183. The molecule has 0 saturated carbocycles. The van der Waals surface area contributed by atoms with E-state index in [2.05, 4.69) is 21.8 Å². The molecule has 0 aliphatic carbocycles. The summed E-state index contributed by atoms with van der Waals surface area (Å²) in [6.45, 7) is 0.146. The molecule has 2 aromatic heterocycles. The van der Waals surface area contributed by atoms with E-state index < -0.39 is 0 Å². The highest BCUT2D eigenvalue weighted by atomic mass is 16.5. The Morgan fingerprint density at radius 2 is 2.25 bits per heavy atom. The Hall–Kier alpha value is -2.58. The van der Waals surface area contributed by atoms with E-state index in [0.717, 1.165) is 5.56 Å². The smallest absolute Gasteiger partial charge is 0.219 e. The fourth-order valence-corrected chi connectivity index (χ4v) is 1.59. The number of aliphatic hydroxyl groups is 1. The van der Waals surface area contributed by atoms with Crippen molar-refractivity contribution >= 4 is 0 Å². The summed E-state index contributed by atoms with van der Waals surface area (Å²) in [5.41, 5.74) is 1.54. The predicted molar refractivity (Wildman–Crippen MR) is 73.3 cm³/mol. The van der Waals surface area contributed by atoms with Gasteiger partial charge in [-0.2, -0.15) is 0 Å². The lowest BCUT2D eigenvalue weighted by Gasteiger charge is -2.08. The summed E-state index contributed by atoms with van der Waals surface area (Å²) >= 11 is 0. The van der Waals surface area contributed by atoms with E-state index >= 15 is 0 Å². The molecule has 0 saturated heterocycles. The van der Waals surface area contributed by atoms with Crippen LogP contribution in [0.4, 0.5) is 0 Å². The maximum atomic E-state index is 8.66. The molecule has 0 aromatic carbocycles. The lowest BCUT2D eigenvalue weighted by atomic mass is 10.2. The van der Waals surface area contributed by atoms with E-state index in [1.807, 2.05) is 12.1 Å². The molecule has 5 nitrogen and oxygen atoms in total. The number of methoxy groups -OCH3 is 1. The van der Waals surface area contributed by atoms with Crippen LogP contribution < -0.4 is 9.47 Å². The van der Waals surface area contributed by atoms with Gasteiger partial charge in [-0.25, -0.2) is 4.98 Å². The predicted octanol–water partition coefficient (Wildman–Crippen LogP) is 1.41. The molecule has 0 radical (unpaired) electrons. The Morgan fingerprint density at radius 1 is 1.35 bits per heavy atom. The van der Waals surface area contributed by atoms with Gasteiger partial charge in [-0.15, -0.1) is 0 Å². The number of nitrogens with zero attached hydrogens (tertiary/aromatic N) is 2. The molecular formula is C15H14N2O3. The van der Waals surface area contributed by atoms with E-state index in [4.69, 9.17) is 14.6 Å². The van der Waals surface area contributed by atoms with Gasteiger partial charge in [0, 0.05) is 18.0 Å². The molecule has 2 aromatic rings. The number of ether oxygens (including phenoxy) is 2. The quantitative estimate of drug-likeness (QED) is 0.851. The third-order valence-corrected chi connectivity index (χ3v) is 2.46. The summed E-state index contributed by atoms with van der Waals surface area (Å²) in [6.07, 6.45) is 4.88. The summed E-state index contributed by atoms with van der Waals surface area (Å²) in [7, 11) is 1.57. The zero-order chi connectivity index (χ0) is 14.2. The highest BCUT2D eigenvalue weighted by Gasteiger charge is 2.04. The van der Waals surface area contributed by atoms with Crippen LogP contribution in [-0.2, 0) is 6.61 Å². The minimum atomic E-state index is -0.183. The Balaban J connectivity index is 2.07. The van der Waals surface area contributed by atoms with Gasteiger partial charge in [0.2, 0.25) is 5.88 Å². The van der Waals surface area contributed by atoms with Crippen LogP contribution in [0.1, 0.15) is 11.1 Å². The van der Waals surface area contributed by atoms with Crippen molar-refractivity contribution in [3.63, 3.8) is 0 Å². The molecule has 5 heteroatoms. The number of pyridine rings is 2. The van der Waals surface area contributed by atoms with Crippen LogP contribution in [0.2, 0.25) is 0 Å². The second-order valence-electron chi connectivity index (χ2n) is 3.83. The molecular weight excluding hydrogens is 256 g/mol. The van der Waals surface area contributed by atoms with Crippen molar-refractivity contribution in [1.29, 1.82) is 0 Å². The molecule has 2 rings (SSSR count). The Kier molecular flexibility index (Phi) is 4.93. The lowest BCUT2D eigenvalue weighted by molar-refractivity contribution is 0.292. The van der Waals surface area contributed by atoms with Crippen LogP contribution in [-0.4, -0.2) is 28.8 Å². The fraction of sp³-hybridized carbons (Fsp3) is 0.200. The largest absolute Gasteiger partial charge is 0.487 e. The van der Waals surface area contributed by atoms with E-state index in [9.17, 15) is 0 Å². The van der Waals surface area contributed by atoms with Gasteiger partial charge in [0.1, 0.15) is 19.0 Å². The molecule has 0 spiro atoms. The van der Waals surface area contributed by atoms with Gasteiger partial charge in [0.25, 0.3) is 0 Å². The van der Waals surface area contributed by atoms with Crippen molar-refractivity contribution in [3.05, 3.63) is 47.9 Å². The van der Waals surface area contributed by atoms with Crippen LogP contribution in [0.15, 0.2) is 36.8 Å². The number of rotatable bonds is 4. The maximum absolute atomic E-state index is 8.66. The molecule has 0 amide bonds. The van der Waals surface area contributed by atoms with Gasteiger partial charge >= 0.3 is 0 Å². The van der Waals surface area contributed by atoms with Crippen molar-refractivity contribution in [2.75, 3.05) is 13.7 Å². The standard InChI is InChI=1S/C15H14N2O3/c1-19-15-13(5-2-6-17-15)11-20-14-8-12(4-3-7-18)9-16-10-14/h2,5-6,8-10,18H,7,11H2,1H3. The lowest BCUT2D eigenvalue weighted by Crippen LogP contribution is -2.00. The molecule has 2 heterocycles. The van der Waals surface area contributed by atoms with Gasteiger partial charge in [-0.1, -0.05) is 11.8 Å². The highest BCUT2D eigenvalue weighted by Crippen LogP contribution is 2.17. The van der Waals surface area contributed by atoms with E-state index in [1.165, 1.54) is 0 Å². The molecule has 0 atom stereocenters. The van der Waals surface area contributed by atoms with E-state index in [-0.39, 0.29) is 6.61 Å². The van der Waals surface area contributed by atoms with Gasteiger partial charge in [0.05, 0.1) is 18.9 Å². The van der Waals surface area contributed by atoms with Crippen molar-refractivity contribution in [3.8, 4) is 23.5 Å². The molecule has 20 heavy (non-hydrogen) atoms. The SMILES string of the molecule is COc1ncccc1COc1cncc(C#CCO)c1. The molecule has 0 aliphatic rings. The van der Waals surface area contributed by atoms with Gasteiger partial charge < -0.3 is 14.6 Å². The zero-order valence-electron chi connectivity index (χ0n) is 11.0. The van der Waals surface area contributed by atoms with Crippen molar-refractivity contribution in [2.45, 2.75) is 6.61 Å². The van der Waals surface area contributed by atoms with Gasteiger partial charge in [0.15, 0.2) is 0 Å². The van der Waals surface area contributed by atoms with E-state index in [1.54, 1.807) is 31.8 Å².